The number of pyridine rings is 1. The fourth-order valence-corrected chi connectivity index (χ4v) is 2.05. The lowest BCUT2D eigenvalue weighted by atomic mass is 10.1. The van der Waals surface area contributed by atoms with Crippen molar-refractivity contribution in [3.05, 3.63) is 59.7 Å². The Bertz CT molecular complexity index is 584. The molecule has 0 bridgehead atoms. The number of amides is 1. The highest BCUT2D eigenvalue weighted by Gasteiger charge is 2.12. The van der Waals surface area contributed by atoms with E-state index in [0.29, 0.717) is 5.69 Å². The molecule has 2 aromatic rings. The topological polar surface area (TPSA) is 42.0 Å². The summed E-state index contributed by atoms with van der Waals surface area (Å²) in [4.78, 5) is 15.9. The fourth-order valence-electron chi connectivity index (χ4n) is 1.65. The van der Waals surface area contributed by atoms with Gasteiger partial charge in [0.1, 0.15) is 11.5 Å². The molecule has 19 heavy (non-hydrogen) atoms. The molecule has 5 heteroatoms. The number of para-hydroxylation sites is 1. The van der Waals surface area contributed by atoms with Gasteiger partial charge in [0, 0.05) is 10.5 Å². The van der Waals surface area contributed by atoms with Crippen LogP contribution in [0.25, 0.3) is 0 Å². The van der Waals surface area contributed by atoms with Gasteiger partial charge in [-0.15, -0.1) is 0 Å². The maximum absolute atomic E-state index is 12.7. The van der Waals surface area contributed by atoms with Crippen LogP contribution in [-0.2, 0) is 0 Å². The Morgan fingerprint density at radius 2 is 2.05 bits per heavy atom. The van der Waals surface area contributed by atoms with E-state index in [2.05, 4.69) is 26.2 Å². The molecular formula is C14H12BrFN2O. The van der Waals surface area contributed by atoms with Gasteiger partial charge in [-0.3, -0.25) is 4.79 Å². The highest BCUT2D eigenvalue weighted by molar-refractivity contribution is 9.09. The summed E-state index contributed by atoms with van der Waals surface area (Å²) in [5, 5.41) is 2.77. The van der Waals surface area contributed by atoms with E-state index in [1.165, 1.54) is 12.1 Å². The van der Waals surface area contributed by atoms with E-state index in [0.717, 1.165) is 11.8 Å². The van der Waals surface area contributed by atoms with E-state index in [9.17, 15) is 9.18 Å². The van der Waals surface area contributed by atoms with Gasteiger partial charge in [-0.1, -0.05) is 34.1 Å². The smallest absolute Gasteiger partial charge is 0.274 e. The molecule has 0 aliphatic rings. The molecule has 1 heterocycles. The van der Waals surface area contributed by atoms with Gasteiger partial charge in [-0.25, -0.2) is 9.37 Å². The molecule has 0 aliphatic carbocycles. The number of nitrogens with zero attached hydrogens (tertiary/aromatic N) is 1. The van der Waals surface area contributed by atoms with Gasteiger partial charge in [0.2, 0.25) is 0 Å². The molecule has 0 spiro atoms. The summed E-state index contributed by atoms with van der Waals surface area (Å²) in [6.07, 6.45) is 1.02. The van der Waals surface area contributed by atoms with Crippen LogP contribution in [0.4, 0.5) is 10.1 Å². The highest BCUT2D eigenvalue weighted by Crippen LogP contribution is 2.28. The van der Waals surface area contributed by atoms with E-state index in [1.807, 2.05) is 31.2 Å². The van der Waals surface area contributed by atoms with Gasteiger partial charge < -0.3 is 5.32 Å². The summed E-state index contributed by atoms with van der Waals surface area (Å²) < 4.78 is 12.7. The standard InChI is InChI=1S/C14H12BrFN2O/c1-9(15)11-4-2-3-5-12(11)18-14(19)13-7-6-10(16)8-17-13/h2-9H,1H3,(H,18,19). The number of alkyl halides is 1. The van der Waals surface area contributed by atoms with Crippen molar-refractivity contribution in [2.75, 3.05) is 5.32 Å². The first kappa shape index (κ1) is 13.7. The molecule has 1 aromatic carbocycles. The number of hydrogen-bond acceptors (Lipinski definition) is 2. The molecule has 3 nitrogen and oxygen atoms in total. The number of halogens is 2. The third kappa shape index (κ3) is 3.38. The molecule has 0 saturated heterocycles. The number of nitrogens with one attached hydrogen (secondary N) is 1. The van der Waals surface area contributed by atoms with Gasteiger partial charge in [0.15, 0.2) is 0 Å². The maximum atomic E-state index is 12.7. The molecule has 1 atom stereocenters. The minimum absolute atomic E-state index is 0.116. The second kappa shape index (κ2) is 5.93. The number of rotatable bonds is 3. The summed E-state index contributed by atoms with van der Waals surface area (Å²) in [5.74, 6) is -0.827. The lowest BCUT2D eigenvalue weighted by Crippen LogP contribution is -2.14. The molecule has 1 N–H and O–H groups in total. The molecule has 0 saturated carbocycles. The summed E-state index contributed by atoms with van der Waals surface area (Å²) in [5.41, 5.74) is 1.86. The molecule has 2 rings (SSSR count). The van der Waals surface area contributed by atoms with Gasteiger partial charge in [-0.2, -0.15) is 0 Å². The Morgan fingerprint density at radius 3 is 2.68 bits per heavy atom. The third-order valence-corrected chi connectivity index (χ3v) is 3.09. The zero-order chi connectivity index (χ0) is 13.8. The van der Waals surface area contributed by atoms with Crippen molar-refractivity contribution in [3.63, 3.8) is 0 Å². The Labute approximate surface area is 119 Å². The lowest BCUT2D eigenvalue weighted by Gasteiger charge is -2.12. The number of carbonyl (C=O) groups excluding carboxylic acids is 1. The Balaban J connectivity index is 2.22. The predicted octanol–water partition coefficient (Wildman–Crippen LogP) is 3.93. The van der Waals surface area contributed by atoms with E-state index in [-0.39, 0.29) is 16.4 Å². The van der Waals surface area contributed by atoms with Crippen LogP contribution in [0.3, 0.4) is 0 Å². The summed E-state index contributed by atoms with van der Waals surface area (Å²) in [7, 11) is 0. The molecule has 1 aromatic heterocycles. The van der Waals surface area contributed by atoms with Crippen molar-refractivity contribution in [1.82, 2.24) is 4.98 Å². The predicted molar refractivity (Wildman–Crippen MR) is 75.9 cm³/mol. The van der Waals surface area contributed by atoms with E-state index >= 15 is 0 Å². The fraction of sp³-hybridized carbons (Fsp3) is 0.143. The van der Waals surface area contributed by atoms with Crippen LogP contribution < -0.4 is 5.32 Å². The van der Waals surface area contributed by atoms with Crippen LogP contribution in [0.2, 0.25) is 0 Å². The minimum Gasteiger partial charge on any atom is -0.320 e. The molecule has 1 unspecified atom stereocenters. The van der Waals surface area contributed by atoms with E-state index < -0.39 is 5.82 Å². The highest BCUT2D eigenvalue weighted by atomic mass is 79.9. The van der Waals surface area contributed by atoms with Crippen molar-refractivity contribution in [2.24, 2.45) is 0 Å². The van der Waals surface area contributed by atoms with Gasteiger partial charge in [-0.05, 0) is 30.7 Å². The Hall–Kier alpha value is -1.75. The summed E-state index contributed by atoms with van der Waals surface area (Å²) in [6.45, 7) is 1.97. The first-order valence-corrected chi connectivity index (χ1v) is 6.65. The SMILES string of the molecule is CC(Br)c1ccccc1NC(=O)c1ccc(F)cn1. The second-order valence-corrected chi connectivity index (χ2v) is 5.39. The van der Waals surface area contributed by atoms with Crippen molar-refractivity contribution in [2.45, 2.75) is 11.8 Å². The van der Waals surface area contributed by atoms with Crippen molar-refractivity contribution < 1.29 is 9.18 Å². The zero-order valence-electron chi connectivity index (χ0n) is 10.2. The second-order valence-electron chi connectivity index (χ2n) is 4.02. The molecule has 0 fully saturated rings. The minimum atomic E-state index is -0.467. The molecule has 0 radical (unpaired) electrons. The van der Waals surface area contributed by atoms with Gasteiger partial charge >= 0.3 is 0 Å². The Morgan fingerprint density at radius 1 is 1.32 bits per heavy atom. The van der Waals surface area contributed by atoms with Gasteiger partial charge in [0.25, 0.3) is 5.91 Å². The van der Waals surface area contributed by atoms with E-state index in [4.69, 9.17) is 0 Å². The van der Waals surface area contributed by atoms with Crippen LogP contribution in [-0.4, -0.2) is 10.9 Å². The number of benzene rings is 1. The van der Waals surface area contributed by atoms with Crippen LogP contribution in [0, 0.1) is 5.82 Å². The van der Waals surface area contributed by atoms with Crippen LogP contribution in [0.15, 0.2) is 42.6 Å². The number of carbonyl (C=O) groups is 1. The largest absolute Gasteiger partial charge is 0.320 e. The van der Waals surface area contributed by atoms with Crippen molar-refractivity contribution >= 4 is 27.5 Å². The molecule has 98 valence electrons. The number of aromatic nitrogens is 1. The van der Waals surface area contributed by atoms with Crippen LogP contribution >= 0.6 is 15.9 Å². The normalized spacial score (nSPS) is 11.9. The van der Waals surface area contributed by atoms with E-state index in [1.54, 1.807) is 0 Å². The quantitative estimate of drug-likeness (QED) is 0.870. The first-order valence-electron chi connectivity index (χ1n) is 5.74. The number of anilines is 1. The lowest BCUT2D eigenvalue weighted by molar-refractivity contribution is 0.102. The average molecular weight is 323 g/mol. The number of hydrogen-bond donors (Lipinski definition) is 1. The van der Waals surface area contributed by atoms with Crippen molar-refractivity contribution in [1.29, 1.82) is 0 Å². The van der Waals surface area contributed by atoms with Gasteiger partial charge in [0.05, 0.1) is 6.20 Å². The summed E-state index contributed by atoms with van der Waals surface area (Å²) >= 11 is 3.47. The average Bonchev–Trinajstić information content (AvgIpc) is 2.39. The zero-order valence-corrected chi connectivity index (χ0v) is 11.8. The monoisotopic (exact) mass is 322 g/mol. The molecule has 0 aliphatic heterocycles. The van der Waals surface area contributed by atoms with Crippen LogP contribution in [0.1, 0.15) is 27.8 Å². The third-order valence-electron chi connectivity index (χ3n) is 2.60. The molecule has 1 amide bonds. The van der Waals surface area contributed by atoms with Crippen molar-refractivity contribution in [3.8, 4) is 0 Å². The molecular weight excluding hydrogens is 311 g/mol. The Kier molecular flexibility index (Phi) is 4.27. The maximum Gasteiger partial charge on any atom is 0.274 e. The van der Waals surface area contributed by atoms with Crippen LogP contribution in [0.5, 0.6) is 0 Å². The summed E-state index contributed by atoms with van der Waals surface area (Å²) in [6, 6.07) is 10.0. The first-order chi connectivity index (χ1) is 9.08.